The van der Waals surface area contributed by atoms with Gasteiger partial charge in [0, 0.05) is 19.4 Å². The molecule has 5 heteroatoms. The van der Waals surface area contributed by atoms with Gasteiger partial charge in [-0.2, -0.15) is 0 Å². The fourth-order valence-corrected chi connectivity index (χ4v) is 7.44. The quantitative estimate of drug-likeness (QED) is 0.0345. The van der Waals surface area contributed by atoms with Crippen LogP contribution in [-0.2, 0) is 23.8 Å². The summed E-state index contributed by atoms with van der Waals surface area (Å²) in [6, 6.07) is 0. The molecule has 0 heterocycles. The van der Waals surface area contributed by atoms with Gasteiger partial charge in [-0.15, -0.1) is 0 Å². The molecule has 0 amide bonds. The fraction of sp³-hybridized carbons (Fsp3) is 0.631. The Morgan fingerprint density at radius 2 is 0.643 bits per heavy atom. The zero-order valence-corrected chi connectivity index (χ0v) is 45.5. The van der Waals surface area contributed by atoms with Crippen LogP contribution in [0.25, 0.3) is 0 Å². The van der Waals surface area contributed by atoms with E-state index in [4.69, 9.17) is 14.2 Å². The fourth-order valence-electron chi connectivity index (χ4n) is 7.44. The molecule has 396 valence electrons. The van der Waals surface area contributed by atoms with Crippen LogP contribution in [0.3, 0.4) is 0 Å². The molecule has 0 N–H and O–H groups in total. The summed E-state index contributed by atoms with van der Waals surface area (Å²) in [6.45, 7) is 7.49. The van der Waals surface area contributed by atoms with E-state index in [0.717, 1.165) is 141 Å². The number of carbonyl (C=O) groups is 2. The average Bonchev–Trinajstić information content (AvgIpc) is 3.36. The Balaban J connectivity index is 4.42. The molecule has 0 saturated heterocycles. The van der Waals surface area contributed by atoms with Gasteiger partial charge in [-0.25, -0.2) is 0 Å². The SMILES string of the molecule is CC/C=C\C/C=C\C/C=C\C/C=C\CCCCCCC(=O)OCC(COCCCCCCCCC/C=C\C/C=C\C/C=C\CCCCC)OC(=O)CCCCCC/C=C\C/C=C\C/C=C\C/C=C\CC. The van der Waals surface area contributed by atoms with Gasteiger partial charge < -0.3 is 14.2 Å². The minimum atomic E-state index is -0.576. The second-order valence-corrected chi connectivity index (χ2v) is 18.4. The summed E-state index contributed by atoms with van der Waals surface area (Å²) in [5.41, 5.74) is 0. The topological polar surface area (TPSA) is 61.8 Å². The zero-order chi connectivity index (χ0) is 50.6. The number of hydrogen-bond donors (Lipinski definition) is 0. The highest BCUT2D eigenvalue weighted by Gasteiger charge is 2.17. The van der Waals surface area contributed by atoms with E-state index in [-0.39, 0.29) is 25.2 Å². The summed E-state index contributed by atoms with van der Waals surface area (Å²) < 4.78 is 17.4. The number of ether oxygens (including phenoxy) is 3. The van der Waals surface area contributed by atoms with Crippen molar-refractivity contribution in [3.63, 3.8) is 0 Å². The number of hydrogen-bond acceptors (Lipinski definition) is 5. The van der Waals surface area contributed by atoms with Crippen molar-refractivity contribution in [2.45, 2.75) is 245 Å². The molecular formula is C65H106O5. The van der Waals surface area contributed by atoms with Crippen molar-refractivity contribution in [3.05, 3.63) is 134 Å². The first kappa shape index (κ1) is 66.0. The van der Waals surface area contributed by atoms with E-state index in [2.05, 4.69) is 154 Å². The number of allylic oxidation sites excluding steroid dienone is 22. The van der Waals surface area contributed by atoms with Gasteiger partial charge >= 0.3 is 11.9 Å². The Kier molecular flexibility index (Phi) is 56.0. The third-order valence-corrected chi connectivity index (χ3v) is 11.7. The van der Waals surface area contributed by atoms with E-state index in [9.17, 15) is 9.59 Å². The van der Waals surface area contributed by atoms with Crippen molar-refractivity contribution >= 4 is 11.9 Å². The maximum atomic E-state index is 12.9. The Hall–Kier alpha value is -3.96. The van der Waals surface area contributed by atoms with Gasteiger partial charge in [0.15, 0.2) is 6.10 Å². The molecule has 0 aliphatic rings. The number of esters is 2. The molecule has 1 unspecified atom stereocenters. The molecule has 0 radical (unpaired) electrons. The third-order valence-electron chi connectivity index (χ3n) is 11.7. The van der Waals surface area contributed by atoms with Crippen molar-refractivity contribution < 1.29 is 23.8 Å². The van der Waals surface area contributed by atoms with Crippen LogP contribution in [0.4, 0.5) is 0 Å². The number of carbonyl (C=O) groups excluding carboxylic acids is 2. The maximum absolute atomic E-state index is 12.9. The van der Waals surface area contributed by atoms with Gasteiger partial charge in [0.25, 0.3) is 0 Å². The van der Waals surface area contributed by atoms with Crippen molar-refractivity contribution in [2.24, 2.45) is 0 Å². The first-order valence-electron chi connectivity index (χ1n) is 28.7. The highest BCUT2D eigenvalue weighted by Crippen LogP contribution is 2.13. The molecule has 0 fully saturated rings. The molecule has 5 nitrogen and oxygen atoms in total. The summed E-state index contributed by atoms with van der Waals surface area (Å²) in [4.78, 5) is 25.5. The minimum Gasteiger partial charge on any atom is -0.462 e. The Bertz CT molecular complexity index is 1470. The Labute approximate surface area is 432 Å². The van der Waals surface area contributed by atoms with E-state index >= 15 is 0 Å². The number of unbranched alkanes of at least 4 members (excludes halogenated alkanes) is 18. The van der Waals surface area contributed by atoms with E-state index in [1.54, 1.807) is 0 Å². The van der Waals surface area contributed by atoms with Crippen molar-refractivity contribution in [1.82, 2.24) is 0 Å². The molecule has 1 atom stereocenters. The molecular weight excluding hydrogens is 861 g/mol. The average molecular weight is 968 g/mol. The minimum absolute atomic E-state index is 0.0496. The predicted molar refractivity (Wildman–Crippen MR) is 306 cm³/mol. The van der Waals surface area contributed by atoms with Crippen LogP contribution >= 0.6 is 0 Å². The molecule has 0 aliphatic carbocycles. The molecule has 0 aromatic carbocycles. The van der Waals surface area contributed by atoms with E-state index in [0.29, 0.717) is 19.4 Å². The highest BCUT2D eigenvalue weighted by molar-refractivity contribution is 5.70. The summed E-state index contributed by atoms with van der Waals surface area (Å²) in [5, 5.41) is 0. The standard InChI is InChI=1S/C65H106O5/c1-4-7-10-13-16-19-22-25-28-31-32-33-36-39-42-45-48-51-54-57-60-68-61-63(70-65(67)59-56-53-50-47-44-41-38-35-30-27-24-21-18-15-12-9-6-3)62-69-64(66)58-55-52-49-46-43-40-37-34-29-26-23-20-17-14-11-8-5-2/h8-9,11-12,16-21,25-30,32-33,37-38,40-41,63H,4-7,10,13-15,22-24,31,34-36,39,42-62H2,1-3H3/b11-8-,12-9-,19-16-,20-17-,21-18-,28-25-,29-26-,30-27-,33-32-,40-37-,41-38-. The van der Waals surface area contributed by atoms with Crippen LogP contribution in [-0.4, -0.2) is 37.9 Å². The largest absolute Gasteiger partial charge is 0.462 e. The lowest BCUT2D eigenvalue weighted by molar-refractivity contribution is -0.163. The smallest absolute Gasteiger partial charge is 0.306 e. The van der Waals surface area contributed by atoms with E-state index < -0.39 is 6.10 Å². The van der Waals surface area contributed by atoms with Gasteiger partial charge in [-0.1, -0.05) is 225 Å². The van der Waals surface area contributed by atoms with Crippen LogP contribution in [0.2, 0.25) is 0 Å². The monoisotopic (exact) mass is 967 g/mol. The summed E-state index contributed by atoms with van der Waals surface area (Å²) in [5.74, 6) is -0.464. The van der Waals surface area contributed by atoms with Gasteiger partial charge in [0.1, 0.15) is 6.61 Å². The second kappa shape index (κ2) is 59.3. The first-order valence-corrected chi connectivity index (χ1v) is 28.7. The van der Waals surface area contributed by atoms with E-state index in [1.165, 1.54) is 64.2 Å². The third kappa shape index (κ3) is 56.6. The number of rotatable bonds is 51. The summed E-state index contributed by atoms with van der Waals surface area (Å²) in [6.07, 6.45) is 84.7. The highest BCUT2D eigenvalue weighted by atomic mass is 16.6. The second-order valence-electron chi connectivity index (χ2n) is 18.4. The summed E-state index contributed by atoms with van der Waals surface area (Å²) >= 11 is 0. The molecule has 0 bridgehead atoms. The maximum Gasteiger partial charge on any atom is 0.306 e. The van der Waals surface area contributed by atoms with Gasteiger partial charge in [0.2, 0.25) is 0 Å². The molecule has 0 aromatic heterocycles. The molecule has 0 aromatic rings. The van der Waals surface area contributed by atoms with Crippen molar-refractivity contribution in [1.29, 1.82) is 0 Å². The normalized spacial score (nSPS) is 13.2. The predicted octanol–water partition coefficient (Wildman–Crippen LogP) is 19.9. The lowest BCUT2D eigenvalue weighted by atomic mass is 10.1. The van der Waals surface area contributed by atoms with Crippen LogP contribution in [0.15, 0.2) is 134 Å². The molecule has 0 spiro atoms. The Morgan fingerprint density at radius 1 is 0.329 bits per heavy atom. The molecule has 0 aliphatic heterocycles. The van der Waals surface area contributed by atoms with Crippen molar-refractivity contribution in [2.75, 3.05) is 19.8 Å². The van der Waals surface area contributed by atoms with Crippen LogP contribution < -0.4 is 0 Å². The van der Waals surface area contributed by atoms with Gasteiger partial charge in [-0.05, 0) is 135 Å². The molecule has 0 saturated carbocycles. The summed E-state index contributed by atoms with van der Waals surface area (Å²) in [7, 11) is 0. The van der Waals surface area contributed by atoms with Gasteiger partial charge in [-0.3, -0.25) is 9.59 Å². The Morgan fingerprint density at radius 3 is 1.03 bits per heavy atom. The lowest BCUT2D eigenvalue weighted by Crippen LogP contribution is -2.30. The van der Waals surface area contributed by atoms with Crippen LogP contribution in [0, 0.1) is 0 Å². The first-order chi connectivity index (χ1) is 34.6. The zero-order valence-electron chi connectivity index (χ0n) is 45.5. The molecule has 70 heavy (non-hydrogen) atoms. The van der Waals surface area contributed by atoms with Crippen LogP contribution in [0.1, 0.15) is 239 Å². The van der Waals surface area contributed by atoms with Crippen molar-refractivity contribution in [3.8, 4) is 0 Å². The lowest BCUT2D eigenvalue weighted by Gasteiger charge is -2.18. The van der Waals surface area contributed by atoms with E-state index in [1.807, 2.05) is 0 Å². The molecule has 0 rings (SSSR count). The van der Waals surface area contributed by atoms with Gasteiger partial charge in [0.05, 0.1) is 6.61 Å². The van der Waals surface area contributed by atoms with Crippen LogP contribution in [0.5, 0.6) is 0 Å².